The van der Waals surface area contributed by atoms with E-state index in [1.807, 2.05) is 34.2 Å². The molecule has 1 aliphatic rings. The molecule has 0 bridgehead atoms. The van der Waals surface area contributed by atoms with Crippen LogP contribution in [0.15, 0.2) is 34.9 Å². The summed E-state index contributed by atoms with van der Waals surface area (Å²) in [5.41, 5.74) is 3.93. The molecule has 1 saturated heterocycles. The molecule has 1 unspecified atom stereocenters. The summed E-state index contributed by atoms with van der Waals surface area (Å²) in [7, 11) is 1.68. The second-order valence-electron chi connectivity index (χ2n) is 7.67. The molecule has 4 aromatic rings. The van der Waals surface area contributed by atoms with E-state index in [2.05, 4.69) is 29.1 Å². The lowest BCUT2D eigenvalue weighted by Crippen LogP contribution is -2.26. The van der Waals surface area contributed by atoms with Crippen molar-refractivity contribution in [1.29, 1.82) is 0 Å². The molecule has 0 N–H and O–H groups in total. The van der Waals surface area contributed by atoms with E-state index < -0.39 is 0 Å². The van der Waals surface area contributed by atoms with Crippen molar-refractivity contribution in [2.45, 2.75) is 39.4 Å². The molecule has 1 fully saturated rings. The summed E-state index contributed by atoms with van der Waals surface area (Å²) in [6, 6.07) is 10.4. The van der Waals surface area contributed by atoms with Crippen LogP contribution in [0.2, 0.25) is 0 Å². The fourth-order valence-electron chi connectivity index (χ4n) is 4.29. The molecule has 150 valence electrons. The van der Waals surface area contributed by atoms with Crippen molar-refractivity contribution in [1.82, 2.24) is 24.2 Å². The zero-order valence-corrected chi connectivity index (χ0v) is 17.6. The number of benzene rings is 1. The van der Waals surface area contributed by atoms with E-state index >= 15 is 0 Å². The normalized spacial score (nSPS) is 17.6. The quantitative estimate of drug-likeness (QED) is 0.465. The van der Waals surface area contributed by atoms with E-state index in [4.69, 9.17) is 26.6 Å². The van der Waals surface area contributed by atoms with E-state index in [1.54, 1.807) is 7.11 Å². The Balaban J connectivity index is 1.58. The van der Waals surface area contributed by atoms with Crippen molar-refractivity contribution >= 4 is 28.8 Å². The molecule has 1 atom stereocenters. The maximum absolute atomic E-state index is 5.83. The Morgan fingerprint density at radius 1 is 1.24 bits per heavy atom. The second-order valence-corrected chi connectivity index (χ2v) is 8.03. The first-order valence-corrected chi connectivity index (χ1v) is 10.2. The predicted octanol–water partition coefficient (Wildman–Crippen LogP) is 4.43. The van der Waals surface area contributed by atoms with Crippen molar-refractivity contribution in [3.05, 3.63) is 52.1 Å². The van der Waals surface area contributed by atoms with Crippen LogP contribution in [0.4, 0.5) is 0 Å². The van der Waals surface area contributed by atoms with Crippen LogP contribution in [-0.2, 0) is 6.67 Å². The number of ether oxygens (including phenoxy) is 1. The summed E-state index contributed by atoms with van der Waals surface area (Å²) in [5.74, 6) is 1.72. The minimum atomic E-state index is 0.210. The molecule has 5 rings (SSSR count). The molecule has 0 saturated carbocycles. The second kappa shape index (κ2) is 6.96. The Bertz CT molecular complexity index is 1270. The van der Waals surface area contributed by atoms with Crippen LogP contribution in [-0.4, -0.2) is 37.9 Å². The third-order valence-corrected chi connectivity index (χ3v) is 6.13. The lowest BCUT2D eigenvalue weighted by atomic mass is 10.1. The molecular formula is C21H23N5O2S. The molecule has 1 aliphatic heterocycles. The molecule has 8 heteroatoms. The SMILES string of the molecule is COc1ccc2c(C)cc3nn(CN4CCCC4c4cc(C)no4)c(=S)n3c2c1. The lowest BCUT2D eigenvalue weighted by Gasteiger charge is -2.21. The summed E-state index contributed by atoms with van der Waals surface area (Å²) in [4.78, 5) is 2.36. The standard InChI is InChI=1S/C21H23N5O2S/c1-13-9-20-22-25(12-24-8-4-5-17(24)19-10-14(2)23-28-19)21(29)26(20)18-11-15(27-3)6-7-16(13)18/h6-7,9-11,17H,4-5,8,12H2,1-3H3. The number of pyridine rings is 1. The zero-order valence-electron chi connectivity index (χ0n) is 16.8. The first kappa shape index (κ1) is 18.3. The number of likely N-dealkylation sites (tertiary alicyclic amines) is 1. The molecule has 0 spiro atoms. The fourth-order valence-corrected chi connectivity index (χ4v) is 4.59. The average Bonchev–Trinajstić information content (AvgIpc) is 3.41. The minimum Gasteiger partial charge on any atom is -0.497 e. The highest BCUT2D eigenvalue weighted by Gasteiger charge is 2.29. The summed E-state index contributed by atoms with van der Waals surface area (Å²) >= 11 is 5.83. The number of rotatable bonds is 4. The molecule has 4 heterocycles. The number of aromatic nitrogens is 4. The molecule has 7 nitrogen and oxygen atoms in total. The summed E-state index contributed by atoms with van der Waals surface area (Å²) in [6.45, 7) is 5.65. The first-order chi connectivity index (χ1) is 14.0. The van der Waals surface area contributed by atoms with Gasteiger partial charge in [0.2, 0.25) is 4.77 Å². The van der Waals surface area contributed by atoms with Gasteiger partial charge in [0, 0.05) is 24.1 Å². The van der Waals surface area contributed by atoms with Crippen molar-refractivity contribution in [2.24, 2.45) is 0 Å². The van der Waals surface area contributed by atoms with Crippen LogP contribution >= 0.6 is 12.2 Å². The average molecular weight is 410 g/mol. The topological polar surface area (TPSA) is 60.7 Å². The van der Waals surface area contributed by atoms with Gasteiger partial charge in [0.15, 0.2) is 11.4 Å². The van der Waals surface area contributed by atoms with Gasteiger partial charge in [-0.15, -0.1) is 0 Å². The Labute approximate surface area is 173 Å². The highest BCUT2D eigenvalue weighted by atomic mass is 32.1. The third-order valence-electron chi connectivity index (χ3n) is 5.73. The minimum absolute atomic E-state index is 0.210. The van der Waals surface area contributed by atoms with Gasteiger partial charge in [-0.25, -0.2) is 4.68 Å². The zero-order chi connectivity index (χ0) is 20.1. The Morgan fingerprint density at radius 2 is 2.10 bits per heavy atom. The smallest absolute Gasteiger partial charge is 0.204 e. The Hall–Kier alpha value is -2.71. The maximum Gasteiger partial charge on any atom is 0.204 e. The van der Waals surface area contributed by atoms with Gasteiger partial charge >= 0.3 is 0 Å². The summed E-state index contributed by atoms with van der Waals surface area (Å²) < 4.78 is 15.6. The van der Waals surface area contributed by atoms with Gasteiger partial charge in [0.05, 0.1) is 31.0 Å². The van der Waals surface area contributed by atoms with Gasteiger partial charge in [0.25, 0.3) is 0 Å². The first-order valence-electron chi connectivity index (χ1n) is 9.79. The molecular weight excluding hydrogens is 386 g/mol. The number of fused-ring (bicyclic) bond motifs is 3. The van der Waals surface area contributed by atoms with Gasteiger partial charge in [-0.2, -0.15) is 5.10 Å². The maximum atomic E-state index is 5.83. The number of hydrogen-bond donors (Lipinski definition) is 0. The number of nitrogens with zero attached hydrogens (tertiary/aromatic N) is 5. The number of hydrogen-bond acceptors (Lipinski definition) is 6. The van der Waals surface area contributed by atoms with Crippen molar-refractivity contribution in [3.63, 3.8) is 0 Å². The van der Waals surface area contributed by atoms with Crippen LogP contribution in [0.3, 0.4) is 0 Å². The fraction of sp³-hybridized carbons (Fsp3) is 0.381. The van der Waals surface area contributed by atoms with Gasteiger partial charge in [-0.1, -0.05) is 5.16 Å². The molecule has 0 radical (unpaired) electrons. The van der Waals surface area contributed by atoms with E-state index in [9.17, 15) is 0 Å². The van der Waals surface area contributed by atoms with E-state index in [1.165, 1.54) is 5.56 Å². The summed E-state index contributed by atoms with van der Waals surface area (Å²) in [6.07, 6.45) is 2.17. The van der Waals surface area contributed by atoms with Gasteiger partial charge in [0.1, 0.15) is 5.75 Å². The predicted molar refractivity (Wildman–Crippen MR) is 113 cm³/mol. The molecule has 29 heavy (non-hydrogen) atoms. The van der Waals surface area contributed by atoms with Crippen LogP contribution in [0, 0.1) is 18.6 Å². The molecule has 0 aliphatic carbocycles. The largest absolute Gasteiger partial charge is 0.497 e. The molecule has 3 aromatic heterocycles. The number of aryl methyl sites for hydroxylation is 2. The highest BCUT2D eigenvalue weighted by Crippen LogP contribution is 2.33. The Kier molecular flexibility index (Phi) is 4.40. The van der Waals surface area contributed by atoms with E-state index in [-0.39, 0.29) is 6.04 Å². The van der Waals surface area contributed by atoms with Crippen LogP contribution < -0.4 is 4.74 Å². The third kappa shape index (κ3) is 3.03. The molecule has 1 aromatic carbocycles. The van der Waals surface area contributed by atoms with Gasteiger partial charge in [-0.05, 0) is 62.7 Å². The van der Waals surface area contributed by atoms with Crippen LogP contribution in [0.5, 0.6) is 5.75 Å². The van der Waals surface area contributed by atoms with Crippen molar-refractivity contribution < 1.29 is 9.26 Å². The highest BCUT2D eigenvalue weighted by molar-refractivity contribution is 7.71. The lowest BCUT2D eigenvalue weighted by molar-refractivity contribution is 0.163. The van der Waals surface area contributed by atoms with Crippen LogP contribution in [0.1, 0.15) is 35.9 Å². The van der Waals surface area contributed by atoms with Gasteiger partial charge in [-0.3, -0.25) is 9.30 Å². The van der Waals surface area contributed by atoms with Crippen LogP contribution in [0.25, 0.3) is 16.6 Å². The van der Waals surface area contributed by atoms with Gasteiger partial charge < -0.3 is 9.26 Å². The Morgan fingerprint density at radius 3 is 2.86 bits per heavy atom. The molecule has 0 amide bonds. The van der Waals surface area contributed by atoms with E-state index in [0.29, 0.717) is 11.4 Å². The van der Waals surface area contributed by atoms with Crippen molar-refractivity contribution in [3.8, 4) is 5.75 Å². The van der Waals surface area contributed by atoms with E-state index in [0.717, 1.165) is 53.1 Å². The van der Waals surface area contributed by atoms with Crippen molar-refractivity contribution in [2.75, 3.05) is 13.7 Å². The number of methoxy groups -OCH3 is 1. The monoisotopic (exact) mass is 409 g/mol. The summed E-state index contributed by atoms with van der Waals surface area (Å²) in [5, 5.41) is 10.0.